The van der Waals surface area contributed by atoms with Gasteiger partial charge in [0.1, 0.15) is 11.3 Å². The lowest BCUT2D eigenvalue weighted by molar-refractivity contribution is -0.385. The third kappa shape index (κ3) is 4.63. The van der Waals surface area contributed by atoms with E-state index in [1.165, 1.54) is 0 Å². The summed E-state index contributed by atoms with van der Waals surface area (Å²) in [5, 5.41) is 19.7. The number of benzene rings is 2. The van der Waals surface area contributed by atoms with E-state index in [9.17, 15) is 37.6 Å². The highest BCUT2D eigenvalue weighted by Gasteiger charge is 2.33. The molecule has 0 bridgehead atoms. The Morgan fingerprint density at radius 1 is 1.25 bits per heavy atom. The largest absolute Gasteiger partial charge is 0.477 e. The number of nitrogens with zero attached hydrogens (tertiary/aromatic N) is 1. The molecule has 0 radical (unpaired) electrons. The van der Waals surface area contributed by atoms with Gasteiger partial charge in [-0.25, -0.2) is 9.18 Å². The molecule has 6 nitrogen and oxygen atoms in total. The van der Waals surface area contributed by atoms with Crippen molar-refractivity contribution in [1.82, 2.24) is 0 Å². The van der Waals surface area contributed by atoms with Crippen LogP contribution in [0.4, 0.5) is 23.2 Å². The van der Waals surface area contributed by atoms with Crippen LogP contribution in [0, 0.1) is 15.9 Å². The van der Waals surface area contributed by atoms with E-state index in [-0.39, 0.29) is 29.7 Å². The second-order valence-corrected chi connectivity index (χ2v) is 6.13. The Balaban J connectivity index is 2.58. The third-order valence-corrected chi connectivity index (χ3v) is 3.95. The molecule has 2 aromatic carbocycles. The van der Waals surface area contributed by atoms with Gasteiger partial charge in [0.05, 0.1) is 15.5 Å². The van der Waals surface area contributed by atoms with Crippen LogP contribution in [0.25, 0.3) is 0 Å². The number of rotatable bonds is 6. The van der Waals surface area contributed by atoms with Crippen molar-refractivity contribution in [3.8, 4) is 11.5 Å². The minimum atomic E-state index is -4.85. The quantitative estimate of drug-likeness (QED) is 0.269. The Morgan fingerprint density at radius 2 is 1.89 bits per heavy atom. The van der Waals surface area contributed by atoms with Gasteiger partial charge >= 0.3 is 12.1 Å². The van der Waals surface area contributed by atoms with Crippen molar-refractivity contribution in [2.24, 2.45) is 0 Å². The van der Waals surface area contributed by atoms with Crippen LogP contribution in [0.2, 0.25) is 5.02 Å². The molecule has 2 rings (SSSR count). The van der Waals surface area contributed by atoms with Gasteiger partial charge < -0.3 is 9.84 Å². The summed E-state index contributed by atoms with van der Waals surface area (Å²) >= 11 is 11.2. The molecule has 0 fully saturated rings. The van der Waals surface area contributed by atoms with Gasteiger partial charge in [-0.1, -0.05) is 11.6 Å². The molecule has 28 heavy (non-hydrogen) atoms. The van der Waals surface area contributed by atoms with E-state index >= 15 is 0 Å². The molecule has 0 unspecified atom stereocenters. The highest BCUT2D eigenvalue weighted by atomic mass is 35.5. The molecule has 0 heterocycles. The Labute approximate surface area is 164 Å². The second-order valence-electron chi connectivity index (χ2n) is 5.35. The second kappa shape index (κ2) is 8.19. The maximum Gasteiger partial charge on any atom is 0.416 e. The number of alkyl halides is 4. The van der Waals surface area contributed by atoms with Gasteiger partial charge in [0.25, 0.3) is 5.69 Å². The van der Waals surface area contributed by atoms with Gasteiger partial charge in [0.15, 0.2) is 11.6 Å². The number of aromatic carboxylic acids is 1. The summed E-state index contributed by atoms with van der Waals surface area (Å²) < 4.78 is 57.3. The van der Waals surface area contributed by atoms with Crippen LogP contribution >= 0.6 is 23.2 Å². The number of carboxylic acids is 1. The smallest absolute Gasteiger partial charge is 0.416 e. The van der Waals surface area contributed by atoms with Gasteiger partial charge in [-0.3, -0.25) is 10.1 Å². The average molecular weight is 442 g/mol. The molecular formula is C16H9Cl2F4NO5. The molecule has 0 aromatic heterocycles. The summed E-state index contributed by atoms with van der Waals surface area (Å²) in [5.74, 6) is -4.38. The molecule has 0 aliphatic carbocycles. The lowest BCUT2D eigenvalue weighted by Crippen LogP contribution is -2.08. The SMILES string of the molecule is O=C(O)c1cc(Oc2c(F)cc(C(F)(F)F)cc2Cl)cc(CCCl)c1[N+](=O)[O-]. The Bertz CT molecular complexity index is 926. The maximum absolute atomic E-state index is 14.1. The number of nitro groups is 1. The van der Waals surface area contributed by atoms with Crippen molar-refractivity contribution in [2.75, 3.05) is 5.88 Å². The number of hydrogen-bond donors (Lipinski definition) is 1. The molecule has 0 aliphatic heterocycles. The monoisotopic (exact) mass is 441 g/mol. The summed E-state index contributed by atoms with van der Waals surface area (Å²) in [6.07, 6.45) is -4.96. The van der Waals surface area contributed by atoms with E-state index < -0.39 is 50.5 Å². The van der Waals surface area contributed by atoms with E-state index in [0.717, 1.165) is 12.1 Å². The minimum absolute atomic E-state index is 0.0985. The number of hydrogen-bond acceptors (Lipinski definition) is 4. The van der Waals surface area contributed by atoms with Crippen molar-refractivity contribution < 1.29 is 37.1 Å². The number of nitro benzene ring substituents is 1. The van der Waals surface area contributed by atoms with Gasteiger partial charge in [-0.05, 0) is 24.6 Å². The van der Waals surface area contributed by atoms with E-state index in [2.05, 4.69) is 0 Å². The molecular weight excluding hydrogens is 433 g/mol. The van der Waals surface area contributed by atoms with Crippen LogP contribution in [0.15, 0.2) is 24.3 Å². The molecule has 150 valence electrons. The number of carbonyl (C=O) groups is 1. The summed E-state index contributed by atoms with van der Waals surface area (Å²) in [5.41, 5.74) is -2.94. The van der Waals surface area contributed by atoms with Gasteiger partial charge in [-0.15, -0.1) is 11.6 Å². The molecule has 0 atom stereocenters. The Morgan fingerprint density at radius 3 is 2.36 bits per heavy atom. The molecule has 0 spiro atoms. The van der Waals surface area contributed by atoms with Crippen LogP contribution < -0.4 is 4.74 Å². The molecule has 1 N–H and O–H groups in total. The third-order valence-electron chi connectivity index (χ3n) is 3.48. The van der Waals surface area contributed by atoms with Crippen LogP contribution in [-0.2, 0) is 12.6 Å². The van der Waals surface area contributed by atoms with Gasteiger partial charge in [0, 0.05) is 17.5 Å². The van der Waals surface area contributed by atoms with Crippen LogP contribution in [0.3, 0.4) is 0 Å². The molecule has 0 aliphatic rings. The highest BCUT2D eigenvalue weighted by molar-refractivity contribution is 6.32. The topological polar surface area (TPSA) is 89.7 Å². The molecule has 0 saturated heterocycles. The van der Waals surface area contributed by atoms with Crippen LogP contribution in [0.1, 0.15) is 21.5 Å². The molecule has 2 aromatic rings. The fourth-order valence-corrected chi connectivity index (χ4v) is 2.78. The van der Waals surface area contributed by atoms with Gasteiger partial charge in [0.2, 0.25) is 0 Å². The zero-order valence-electron chi connectivity index (χ0n) is 13.5. The average Bonchev–Trinajstić information content (AvgIpc) is 2.56. The van der Waals surface area contributed by atoms with E-state index in [4.69, 9.17) is 27.9 Å². The molecule has 12 heteroatoms. The lowest BCUT2D eigenvalue weighted by atomic mass is 10.0. The zero-order valence-corrected chi connectivity index (χ0v) is 15.0. The Hall–Kier alpha value is -2.59. The number of ether oxygens (including phenoxy) is 1. The predicted octanol–water partition coefficient (Wildman–Crippen LogP) is 5.68. The van der Waals surface area contributed by atoms with Crippen molar-refractivity contribution in [3.63, 3.8) is 0 Å². The summed E-state index contributed by atoms with van der Waals surface area (Å²) in [6.45, 7) is 0. The van der Waals surface area contributed by atoms with Crippen LogP contribution in [-0.4, -0.2) is 21.9 Å². The Kier molecular flexibility index (Phi) is 6.35. The van der Waals surface area contributed by atoms with Crippen molar-refractivity contribution in [3.05, 3.63) is 61.9 Å². The summed E-state index contributed by atoms with van der Waals surface area (Å²) in [6, 6.07) is 2.37. The van der Waals surface area contributed by atoms with Crippen molar-refractivity contribution in [2.45, 2.75) is 12.6 Å². The summed E-state index contributed by atoms with van der Waals surface area (Å²) in [4.78, 5) is 21.6. The van der Waals surface area contributed by atoms with Crippen molar-refractivity contribution in [1.29, 1.82) is 0 Å². The minimum Gasteiger partial charge on any atom is -0.477 e. The van der Waals surface area contributed by atoms with E-state index in [1.807, 2.05) is 0 Å². The standard InChI is InChI=1S/C16H9Cl2F4NO5/c17-2-1-7-3-9(6-10(15(24)25)13(7)23(26)27)28-14-11(18)4-8(5-12(14)19)16(20,21)22/h3-6H,1-2H2,(H,24,25). The fraction of sp³-hybridized carbons (Fsp3) is 0.188. The number of aryl methyl sites for hydroxylation is 1. The zero-order chi connectivity index (χ0) is 21.2. The first-order valence-corrected chi connectivity index (χ1v) is 8.21. The predicted molar refractivity (Wildman–Crippen MR) is 91.0 cm³/mol. The molecule has 0 saturated carbocycles. The summed E-state index contributed by atoms with van der Waals surface area (Å²) in [7, 11) is 0. The fourth-order valence-electron chi connectivity index (χ4n) is 2.33. The van der Waals surface area contributed by atoms with E-state index in [0.29, 0.717) is 6.07 Å². The lowest BCUT2D eigenvalue weighted by Gasteiger charge is -2.14. The first-order valence-electron chi connectivity index (χ1n) is 7.30. The molecule has 0 amide bonds. The van der Waals surface area contributed by atoms with Crippen LogP contribution in [0.5, 0.6) is 11.5 Å². The van der Waals surface area contributed by atoms with E-state index in [1.54, 1.807) is 0 Å². The number of halogens is 6. The highest BCUT2D eigenvalue weighted by Crippen LogP contribution is 2.40. The first kappa shape index (κ1) is 21.7. The van der Waals surface area contributed by atoms with Gasteiger partial charge in [-0.2, -0.15) is 13.2 Å². The maximum atomic E-state index is 14.1. The van der Waals surface area contributed by atoms with Crippen molar-refractivity contribution >= 4 is 34.9 Å². The first-order chi connectivity index (χ1) is 13.0. The number of carboxylic acid groups (broad SMARTS) is 1. The normalized spacial score (nSPS) is 11.4.